The summed E-state index contributed by atoms with van der Waals surface area (Å²) in [6, 6.07) is 0. The topological polar surface area (TPSA) is 27.7 Å². The second-order valence-electron chi connectivity index (χ2n) is 2.00. The minimum absolute atomic E-state index is 0.344. The SMILES string of the molecule is C=CCCOCOCCOC. The Kier molecular flexibility index (Phi) is 9.29. The first-order valence-electron chi connectivity index (χ1n) is 3.67. The molecule has 0 aromatic carbocycles. The van der Waals surface area contributed by atoms with Crippen LogP contribution in [0.2, 0.25) is 0 Å². The van der Waals surface area contributed by atoms with Crippen molar-refractivity contribution in [3.05, 3.63) is 12.7 Å². The predicted molar refractivity (Wildman–Crippen MR) is 43.5 cm³/mol. The smallest absolute Gasteiger partial charge is 0.146 e. The lowest BCUT2D eigenvalue weighted by Gasteiger charge is -2.03. The van der Waals surface area contributed by atoms with Gasteiger partial charge in [0.2, 0.25) is 0 Å². The van der Waals surface area contributed by atoms with Crippen LogP contribution in [0, 0.1) is 0 Å². The van der Waals surface area contributed by atoms with Crippen LogP contribution >= 0.6 is 0 Å². The summed E-state index contributed by atoms with van der Waals surface area (Å²) in [5.74, 6) is 0. The van der Waals surface area contributed by atoms with Crippen LogP contribution in [0.5, 0.6) is 0 Å². The zero-order chi connectivity index (χ0) is 8.36. The highest BCUT2D eigenvalue weighted by molar-refractivity contribution is 4.64. The normalized spacial score (nSPS) is 9.91. The van der Waals surface area contributed by atoms with E-state index in [0.29, 0.717) is 26.6 Å². The monoisotopic (exact) mass is 160 g/mol. The molecule has 3 heteroatoms. The maximum absolute atomic E-state index is 5.07. The van der Waals surface area contributed by atoms with Crippen molar-refractivity contribution in [1.82, 2.24) is 0 Å². The van der Waals surface area contributed by atoms with E-state index >= 15 is 0 Å². The second kappa shape index (κ2) is 9.62. The van der Waals surface area contributed by atoms with E-state index in [-0.39, 0.29) is 0 Å². The van der Waals surface area contributed by atoms with Gasteiger partial charge in [0.1, 0.15) is 6.79 Å². The summed E-state index contributed by atoms with van der Waals surface area (Å²) in [6.07, 6.45) is 2.68. The molecule has 11 heavy (non-hydrogen) atoms. The van der Waals surface area contributed by atoms with E-state index in [9.17, 15) is 0 Å². The summed E-state index contributed by atoms with van der Waals surface area (Å²) in [4.78, 5) is 0. The van der Waals surface area contributed by atoms with Crippen LogP contribution in [0.3, 0.4) is 0 Å². The molecule has 0 aliphatic heterocycles. The molecule has 3 nitrogen and oxygen atoms in total. The molecule has 0 aliphatic carbocycles. The Labute approximate surface area is 67.9 Å². The Balaban J connectivity index is 2.74. The van der Waals surface area contributed by atoms with Crippen molar-refractivity contribution in [3.8, 4) is 0 Å². The molecule has 0 saturated carbocycles. The maximum atomic E-state index is 5.07. The minimum Gasteiger partial charge on any atom is -0.382 e. The lowest BCUT2D eigenvalue weighted by atomic mass is 10.5. The molecule has 0 aromatic rings. The average molecular weight is 160 g/mol. The van der Waals surface area contributed by atoms with Gasteiger partial charge in [-0.05, 0) is 6.42 Å². The van der Waals surface area contributed by atoms with Crippen LogP contribution in [-0.2, 0) is 14.2 Å². The summed E-state index contributed by atoms with van der Waals surface area (Å²) < 4.78 is 14.9. The fourth-order valence-electron chi connectivity index (χ4n) is 0.486. The predicted octanol–water partition coefficient (Wildman–Crippen LogP) is 1.20. The van der Waals surface area contributed by atoms with Crippen LogP contribution < -0.4 is 0 Å². The molecule has 0 aromatic heterocycles. The highest BCUT2D eigenvalue weighted by atomic mass is 16.7. The molecule has 0 saturated heterocycles. The van der Waals surface area contributed by atoms with Gasteiger partial charge in [-0.2, -0.15) is 0 Å². The lowest BCUT2D eigenvalue weighted by molar-refractivity contribution is -0.0643. The molecule has 0 amide bonds. The zero-order valence-electron chi connectivity index (χ0n) is 7.04. The standard InChI is InChI=1S/C8H16O3/c1-3-4-5-10-8-11-7-6-9-2/h3H,1,4-8H2,2H3. The summed E-state index contributed by atoms with van der Waals surface area (Å²) in [5, 5.41) is 0. The van der Waals surface area contributed by atoms with E-state index < -0.39 is 0 Å². The lowest BCUT2D eigenvalue weighted by Crippen LogP contribution is -2.06. The van der Waals surface area contributed by atoms with Gasteiger partial charge in [0, 0.05) is 7.11 Å². The highest BCUT2D eigenvalue weighted by Gasteiger charge is 1.86. The Morgan fingerprint density at radius 2 is 1.91 bits per heavy atom. The van der Waals surface area contributed by atoms with E-state index in [4.69, 9.17) is 14.2 Å². The highest BCUT2D eigenvalue weighted by Crippen LogP contribution is 1.83. The third-order valence-electron chi connectivity index (χ3n) is 1.06. The molecule has 0 bridgehead atoms. The maximum Gasteiger partial charge on any atom is 0.146 e. The number of methoxy groups -OCH3 is 1. The first-order chi connectivity index (χ1) is 5.41. The minimum atomic E-state index is 0.344. The largest absolute Gasteiger partial charge is 0.382 e. The molecule has 0 spiro atoms. The van der Waals surface area contributed by atoms with Crippen LogP contribution in [0.25, 0.3) is 0 Å². The molecule has 0 unspecified atom stereocenters. The number of hydrogen-bond acceptors (Lipinski definition) is 3. The van der Waals surface area contributed by atoms with Gasteiger partial charge >= 0.3 is 0 Å². The third kappa shape index (κ3) is 9.62. The Morgan fingerprint density at radius 3 is 2.55 bits per heavy atom. The Bertz CT molecular complexity index is 83.4. The van der Waals surface area contributed by atoms with Crippen molar-refractivity contribution in [2.75, 3.05) is 33.7 Å². The number of rotatable bonds is 8. The van der Waals surface area contributed by atoms with E-state index in [1.54, 1.807) is 7.11 Å². The van der Waals surface area contributed by atoms with Crippen molar-refractivity contribution in [1.29, 1.82) is 0 Å². The molecule has 0 heterocycles. The Morgan fingerprint density at radius 1 is 1.18 bits per heavy atom. The molecule has 0 aliphatic rings. The quantitative estimate of drug-likeness (QED) is 0.303. The first-order valence-corrected chi connectivity index (χ1v) is 3.67. The molecule has 0 fully saturated rings. The van der Waals surface area contributed by atoms with Crippen molar-refractivity contribution < 1.29 is 14.2 Å². The molecular weight excluding hydrogens is 144 g/mol. The van der Waals surface area contributed by atoms with Crippen LogP contribution in [0.15, 0.2) is 12.7 Å². The number of ether oxygens (including phenoxy) is 3. The summed E-state index contributed by atoms with van der Waals surface area (Å²) in [5.41, 5.74) is 0. The van der Waals surface area contributed by atoms with E-state index in [1.165, 1.54) is 0 Å². The van der Waals surface area contributed by atoms with Gasteiger partial charge in [-0.3, -0.25) is 0 Å². The van der Waals surface area contributed by atoms with E-state index in [1.807, 2.05) is 6.08 Å². The van der Waals surface area contributed by atoms with Crippen molar-refractivity contribution in [3.63, 3.8) is 0 Å². The third-order valence-corrected chi connectivity index (χ3v) is 1.06. The summed E-state index contributed by atoms with van der Waals surface area (Å²) in [7, 11) is 1.64. The first kappa shape index (κ1) is 10.6. The van der Waals surface area contributed by atoms with Crippen molar-refractivity contribution >= 4 is 0 Å². The van der Waals surface area contributed by atoms with Gasteiger partial charge in [-0.15, -0.1) is 6.58 Å². The van der Waals surface area contributed by atoms with Crippen molar-refractivity contribution in [2.45, 2.75) is 6.42 Å². The van der Waals surface area contributed by atoms with Gasteiger partial charge in [-0.25, -0.2) is 0 Å². The fourth-order valence-corrected chi connectivity index (χ4v) is 0.486. The van der Waals surface area contributed by atoms with Crippen molar-refractivity contribution in [2.24, 2.45) is 0 Å². The average Bonchev–Trinajstić information content (AvgIpc) is 2.03. The molecule has 0 rings (SSSR count). The molecular formula is C8H16O3. The van der Waals surface area contributed by atoms with Crippen LogP contribution in [-0.4, -0.2) is 33.7 Å². The van der Waals surface area contributed by atoms with Crippen LogP contribution in [0.4, 0.5) is 0 Å². The molecule has 66 valence electrons. The zero-order valence-corrected chi connectivity index (χ0v) is 7.04. The van der Waals surface area contributed by atoms with Crippen LogP contribution in [0.1, 0.15) is 6.42 Å². The molecule has 0 atom stereocenters. The second-order valence-corrected chi connectivity index (χ2v) is 2.00. The summed E-state index contributed by atoms with van der Waals surface area (Å²) in [6.45, 7) is 5.79. The fraction of sp³-hybridized carbons (Fsp3) is 0.750. The van der Waals surface area contributed by atoms with Gasteiger partial charge in [-0.1, -0.05) is 6.08 Å². The van der Waals surface area contributed by atoms with Gasteiger partial charge in [0.25, 0.3) is 0 Å². The Hall–Kier alpha value is -0.380. The van der Waals surface area contributed by atoms with Gasteiger partial charge in [0.15, 0.2) is 0 Å². The number of hydrogen-bond donors (Lipinski definition) is 0. The van der Waals surface area contributed by atoms with E-state index in [0.717, 1.165) is 6.42 Å². The van der Waals surface area contributed by atoms with Gasteiger partial charge < -0.3 is 14.2 Å². The molecule has 0 radical (unpaired) electrons. The van der Waals surface area contributed by atoms with Gasteiger partial charge in [0.05, 0.1) is 19.8 Å². The van der Waals surface area contributed by atoms with E-state index in [2.05, 4.69) is 6.58 Å². The summed E-state index contributed by atoms with van der Waals surface area (Å²) >= 11 is 0. The molecule has 0 N–H and O–H groups in total.